The summed E-state index contributed by atoms with van der Waals surface area (Å²) in [4.78, 5) is 0. The summed E-state index contributed by atoms with van der Waals surface area (Å²) >= 11 is 5.86. The molecule has 0 fully saturated rings. The van der Waals surface area contributed by atoms with E-state index in [-0.39, 0.29) is 0 Å². The van der Waals surface area contributed by atoms with Gasteiger partial charge in [-0.3, -0.25) is 0 Å². The van der Waals surface area contributed by atoms with E-state index in [9.17, 15) is 0 Å². The first-order valence-electron chi connectivity index (χ1n) is 5.81. The Balaban J connectivity index is 1.88. The molecule has 0 amide bonds. The molecule has 0 radical (unpaired) electrons. The van der Waals surface area contributed by atoms with Gasteiger partial charge < -0.3 is 14.6 Å². The fourth-order valence-corrected chi connectivity index (χ4v) is 1.65. The van der Waals surface area contributed by atoms with Crippen molar-refractivity contribution in [3.05, 3.63) is 46.8 Å². The van der Waals surface area contributed by atoms with E-state index in [1.807, 2.05) is 25.1 Å². The number of hydrogen-bond donors (Lipinski definition) is 1. The van der Waals surface area contributed by atoms with Gasteiger partial charge in [0.1, 0.15) is 12.4 Å². The molecule has 1 aromatic heterocycles. The van der Waals surface area contributed by atoms with E-state index in [4.69, 9.17) is 20.9 Å². The predicted octanol–water partition coefficient (Wildman–Crippen LogP) is 3.02. The highest BCUT2D eigenvalue weighted by atomic mass is 35.5. The molecule has 0 unspecified atom stereocenters. The molecule has 2 rings (SSSR count). The highest BCUT2D eigenvalue weighted by Gasteiger charge is 2.04. The Labute approximate surface area is 111 Å². The number of nitrogens with zero attached hydrogens (tertiary/aromatic N) is 1. The second-order valence-electron chi connectivity index (χ2n) is 3.81. The molecule has 0 aliphatic carbocycles. The molecule has 0 aliphatic rings. The zero-order valence-corrected chi connectivity index (χ0v) is 10.9. The van der Waals surface area contributed by atoms with Crippen molar-refractivity contribution in [3.63, 3.8) is 0 Å². The number of rotatable bonds is 6. The molecule has 5 heteroatoms. The Morgan fingerprint density at radius 2 is 2.28 bits per heavy atom. The number of aromatic nitrogens is 1. The average molecular weight is 267 g/mol. The quantitative estimate of drug-likeness (QED) is 0.873. The van der Waals surface area contributed by atoms with Crippen LogP contribution in [-0.2, 0) is 13.2 Å². The minimum atomic E-state index is 0.347. The van der Waals surface area contributed by atoms with Crippen molar-refractivity contribution in [3.8, 4) is 5.75 Å². The van der Waals surface area contributed by atoms with Crippen LogP contribution in [0, 0.1) is 0 Å². The van der Waals surface area contributed by atoms with Gasteiger partial charge in [-0.15, -0.1) is 0 Å². The maximum absolute atomic E-state index is 5.86. The molecule has 0 spiro atoms. The molecule has 96 valence electrons. The second-order valence-corrected chi connectivity index (χ2v) is 4.25. The number of ether oxygens (including phenoxy) is 1. The molecule has 18 heavy (non-hydrogen) atoms. The lowest BCUT2D eigenvalue weighted by atomic mass is 10.3. The molecule has 2 aromatic rings. The maximum Gasteiger partial charge on any atom is 0.174 e. The summed E-state index contributed by atoms with van der Waals surface area (Å²) in [5, 5.41) is 7.77. The smallest absolute Gasteiger partial charge is 0.174 e. The summed E-state index contributed by atoms with van der Waals surface area (Å²) in [5.74, 6) is 1.41. The van der Waals surface area contributed by atoms with Crippen LogP contribution >= 0.6 is 11.6 Å². The van der Waals surface area contributed by atoms with Gasteiger partial charge in [0.2, 0.25) is 0 Å². The average Bonchev–Trinajstić information content (AvgIpc) is 2.82. The molecule has 1 aromatic carbocycles. The fraction of sp³-hybridized carbons (Fsp3) is 0.308. The first kappa shape index (κ1) is 12.9. The Hall–Kier alpha value is -1.52. The highest BCUT2D eigenvalue weighted by Crippen LogP contribution is 2.18. The molecule has 1 N–H and O–H groups in total. The summed E-state index contributed by atoms with van der Waals surface area (Å²) < 4.78 is 10.7. The topological polar surface area (TPSA) is 47.3 Å². The van der Waals surface area contributed by atoms with Crippen molar-refractivity contribution in [1.82, 2.24) is 10.5 Å². The monoisotopic (exact) mass is 266 g/mol. The van der Waals surface area contributed by atoms with Crippen LogP contribution in [0.4, 0.5) is 0 Å². The number of benzene rings is 1. The number of halogens is 1. The largest absolute Gasteiger partial charge is 0.485 e. The molecule has 0 saturated heterocycles. The van der Waals surface area contributed by atoms with Gasteiger partial charge in [-0.2, -0.15) is 0 Å². The Morgan fingerprint density at radius 3 is 3.06 bits per heavy atom. The molecule has 0 atom stereocenters. The minimum Gasteiger partial charge on any atom is -0.485 e. The van der Waals surface area contributed by atoms with Crippen molar-refractivity contribution in [2.24, 2.45) is 0 Å². The van der Waals surface area contributed by atoms with Gasteiger partial charge in [0.15, 0.2) is 5.76 Å². The van der Waals surface area contributed by atoms with Crippen LogP contribution in [0.5, 0.6) is 5.75 Å². The first-order valence-corrected chi connectivity index (χ1v) is 6.19. The summed E-state index contributed by atoms with van der Waals surface area (Å²) in [5.41, 5.74) is 0.876. The fourth-order valence-electron chi connectivity index (χ4n) is 1.47. The van der Waals surface area contributed by atoms with Gasteiger partial charge in [0.05, 0.1) is 5.69 Å². The van der Waals surface area contributed by atoms with Crippen LogP contribution in [0.15, 0.2) is 34.9 Å². The van der Waals surface area contributed by atoms with Crippen molar-refractivity contribution >= 4 is 11.6 Å². The molecule has 1 heterocycles. The van der Waals surface area contributed by atoms with Gasteiger partial charge in [-0.25, -0.2) is 0 Å². The molecule has 0 bridgehead atoms. The van der Waals surface area contributed by atoms with Crippen molar-refractivity contribution in [2.75, 3.05) is 6.54 Å². The number of nitrogens with one attached hydrogen (secondary N) is 1. The summed E-state index contributed by atoms with van der Waals surface area (Å²) in [6.07, 6.45) is 0. The zero-order valence-electron chi connectivity index (χ0n) is 10.1. The number of hydrogen-bond acceptors (Lipinski definition) is 4. The standard InChI is InChI=1S/C13H15ClN2O2/c1-2-15-8-11-7-13(18-16-11)9-17-12-5-3-4-10(14)6-12/h3-7,15H,2,8-9H2,1H3. The zero-order chi connectivity index (χ0) is 12.8. The lowest BCUT2D eigenvalue weighted by molar-refractivity contribution is 0.248. The van der Waals surface area contributed by atoms with E-state index in [1.165, 1.54) is 0 Å². The van der Waals surface area contributed by atoms with E-state index in [2.05, 4.69) is 10.5 Å². The van der Waals surface area contributed by atoms with Gasteiger partial charge in [-0.05, 0) is 24.7 Å². The predicted molar refractivity (Wildman–Crippen MR) is 69.7 cm³/mol. The minimum absolute atomic E-state index is 0.347. The lowest BCUT2D eigenvalue weighted by Gasteiger charge is -2.03. The third-order valence-corrected chi connectivity index (χ3v) is 2.58. The third kappa shape index (κ3) is 3.75. The van der Waals surface area contributed by atoms with Crippen molar-refractivity contribution in [2.45, 2.75) is 20.1 Å². The van der Waals surface area contributed by atoms with Gasteiger partial charge >= 0.3 is 0 Å². The van der Waals surface area contributed by atoms with Crippen LogP contribution in [0.2, 0.25) is 5.02 Å². The summed E-state index contributed by atoms with van der Waals surface area (Å²) in [6.45, 7) is 4.00. The molecular formula is C13H15ClN2O2. The third-order valence-electron chi connectivity index (χ3n) is 2.34. The van der Waals surface area contributed by atoms with Gasteiger partial charge in [0, 0.05) is 17.6 Å². The summed E-state index contributed by atoms with van der Waals surface area (Å²) in [6, 6.07) is 9.14. The van der Waals surface area contributed by atoms with Crippen molar-refractivity contribution < 1.29 is 9.26 Å². The lowest BCUT2D eigenvalue weighted by Crippen LogP contribution is -2.11. The highest BCUT2D eigenvalue weighted by molar-refractivity contribution is 6.30. The van der Waals surface area contributed by atoms with Crippen LogP contribution in [0.1, 0.15) is 18.4 Å². The van der Waals surface area contributed by atoms with E-state index in [0.717, 1.165) is 12.2 Å². The van der Waals surface area contributed by atoms with Crippen LogP contribution in [0.25, 0.3) is 0 Å². The Morgan fingerprint density at radius 1 is 1.39 bits per heavy atom. The molecule has 4 nitrogen and oxygen atoms in total. The van der Waals surface area contributed by atoms with Crippen molar-refractivity contribution in [1.29, 1.82) is 0 Å². The van der Waals surface area contributed by atoms with Crippen LogP contribution in [-0.4, -0.2) is 11.7 Å². The SMILES string of the molecule is CCNCc1cc(COc2cccc(Cl)c2)on1. The van der Waals surface area contributed by atoms with Crippen LogP contribution < -0.4 is 10.1 Å². The Kier molecular flexibility index (Phi) is 4.61. The maximum atomic E-state index is 5.86. The normalized spacial score (nSPS) is 10.6. The van der Waals surface area contributed by atoms with Crippen LogP contribution in [0.3, 0.4) is 0 Å². The van der Waals surface area contributed by atoms with Gasteiger partial charge in [0.25, 0.3) is 0 Å². The summed E-state index contributed by atoms with van der Waals surface area (Å²) in [7, 11) is 0. The van der Waals surface area contributed by atoms with Gasteiger partial charge in [-0.1, -0.05) is 29.7 Å². The first-order chi connectivity index (χ1) is 8.78. The molecule has 0 saturated carbocycles. The van der Waals surface area contributed by atoms with E-state index < -0.39 is 0 Å². The molecule has 0 aliphatic heterocycles. The second kappa shape index (κ2) is 6.42. The Bertz CT molecular complexity index is 499. The van der Waals surface area contributed by atoms with E-state index >= 15 is 0 Å². The van der Waals surface area contributed by atoms with E-state index in [0.29, 0.717) is 29.7 Å². The van der Waals surface area contributed by atoms with E-state index in [1.54, 1.807) is 12.1 Å². The molecular weight excluding hydrogens is 252 g/mol.